The lowest BCUT2D eigenvalue weighted by Crippen LogP contribution is -2.34. The third-order valence-corrected chi connectivity index (χ3v) is 9.42. The van der Waals surface area contributed by atoms with Crippen molar-refractivity contribution in [2.24, 2.45) is 5.84 Å². The molecule has 5 N–H and O–H groups in total. The Morgan fingerprint density at radius 2 is 1.38 bits per heavy atom. The number of urea groups is 1. The van der Waals surface area contributed by atoms with E-state index in [2.05, 4.69) is 35.2 Å². The van der Waals surface area contributed by atoms with Crippen LogP contribution >= 0.6 is 22.7 Å². The van der Waals surface area contributed by atoms with Crippen molar-refractivity contribution < 1.29 is 38.1 Å². The van der Waals surface area contributed by atoms with E-state index in [1.165, 1.54) is 43.8 Å². The van der Waals surface area contributed by atoms with E-state index < -0.39 is 12.0 Å². The molecule has 284 valence electrons. The summed E-state index contributed by atoms with van der Waals surface area (Å²) in [4.78, 5) is 37.0. The zero-order chi connectivity index (χ0) is 40.2. The van der Waals surface area contributed by atoms with Gasteiger partial charge >= 0.3 is 12.0 Å². The number of anilines is 1. The number of aromatic nitrogens is 4. The fraction of sp³-hybridized carbons (Fsp3) is 0.135. The minimum absolute atomic E-state index is 0.0896. The minimum atomic E-state index is -1.05. The van der Waals surface area contributed by atoms with Crippen LogP contribution in [-0.4, -0.2) is 65.7 Å². The molecular formula is C37H31N9O8S2. The summed E-state index contributed by atoms with van der Waals surface area (Å²) in [5, 5.41) is 20.7. The van der Waals surface area contributed by atoms with Crippen LogP contribution in [0.1, 0.15) is 21.3 Å². The molecule has 4 aromatic carbocycles. The number of methoxy groups -OCH3 is 4. The van der Waals surface area contributed by atoms with Gasteiger partial charge in [-0.2, -0.15) is 0 Å². The largest absolute Gasteiger partial charge is 0.508 e. The normalized spacial score (nSPS) is 10.1. The molecule has 0 radical (unpaired) electrons. The molecule has 2 amide bonds. The second-order valence-corrected chi connectivity index (χ2v) is 13.0. The number of hydrazine groups is 1. The van der Waals surface area contributed by atoms with Crippen molar-refractivity contribution in [1.29, 1.82) is 0 Å². The molecule has 3 heterocycles. The van der Waals surface area contributed by atoms with Gasteiger partial charge in [-0.1, -0.05) is 23.5 Å². The van der Waals surface area contributed by atoms with Crippen LogP contribution in [0.2, 0.25) is 0 Å². The summed E-state index contributed by atoms with van der Waals surface area (Å²) in [5.74, 6) is 7.05. The smallest absolute Gasteiger partial charge is 0.335 e. The van der Waals surface area contributed by atoms with Gasteiger partial charge in [0.25, 0.3) is 0 Å². The molecule has 17 nitrogen and oxygen atoms in total. The first-order valence-corrected chi connectivity index (χ1v) is 17.6. The third-order valence-electron chi connectivity index (χ3n) is 7.46. The highest BCUT2D eigenvalue weighted by molar-refractivity contribution is 7.22. The summed E-state index contributed by atoms with van der Waals surface area (Å²) in [5.41, 5.74) is 4.90. The first-order chi connectivity index (χ1) is 27.1. The highest BCUT2D eigenvalue weighted by Gasteiger charge is 2.16. The Bertz CT molecular complexity index is 2590. The van der Waals surface area contributed by atoms with E-state index >= 15 is 0 Å². The number of nitrogens with one attached hydrogen (secondary N) is 2. The van der Waals surface area contributed by atoms with E-state index in [1.807, 2.05) is 41.8 Å². The Hall–Kier alpha value is -7.32. The maximum absolute atomic E-state index is 11.0. The number of carboxylic acid groups (broad SMARTS) is 1. The van der Waals surface area contributed by atoms with Crippen molar-refractivity contribution in [1.82, 2.24) is 25.6 Å². The van der Waals surface area contributed by atoms with Gasteiger partial charge in [-0.15, -0.1) is 21.5 Å². The first-order valence-electron chi connectivity index (χ1n) is 16.0. The molecule has 0 saturated heterocycles. The SMILES string of the molecule is COc1cccc2sc(NC(=O)NN)nc12.[C-]#[N+]c1cc(-c2nnc(Cc3nc4c(OC)cccc4s3)o2)ccc1OC.[C-]#[N+]c1cc(C(=O)O)ccc1OC. The van der Waals surface area contributed by atoms with E-state index in [4.69, 9.17) is 47.5 Å². The summed E-state index contributed by atoms with van der Waals surface area (Å²) in [6.07, 6.45) is 0.432. The number of thiazole rings is 2. The number of rotatable bonds is 9. The fourth-order valence-electron chi connectivity index (χ4n) is 4.88. The molecule has 56 heavy (non-hydrogen) atoms. The van der Waals surface area contributed by atoms with Crippen molar-refractivity contribution in [2.75, 3.05) is 33.8 Å². The van der Waals surface area contributed by atoms with Crippen LogP contribution in [-0.2, 0) is 6.42 Å². The van der Waals surface area contributed by atoms with Crippen molar-refractivity contribution in [3.63, 3.8) is 0 Å². The maximum atomic E-state index is 11.0. The van der Waals surface area contributed by atoms with Crippen LogP contribution in [0, 0.1) is 13.1 Å². The average Bonchev–Trinajstić information content (AvgIpc) is 3.98. The predicted molar refractivity (Wildman–Crippen MR) is 210 cm³/mol. The van der Waals surface area contributed by atoms with Crippen molar-refractivity contribution >= 4 is 71.6 Å². The van der Waals surface area contributed by atoms with Gasteiger partial charge in [0, 0.05) is 11.1 Å². The van der Waals surface area contributed by atoms with Gasteiger partial charge in [0.15, 0.2) is 5.13 Å². The number of carbonyl (C=O) groups is 2. The molecule has 7 aromatic rings. The van der Waals surface area contributed by atoms with Crippen LogP contribution in [0.3, 0.4) is 0 Å². The standard InChI is InChI=1S/C19H14N4O3S.C9H10N4O2S.C9H7NO3/c1-20-12-9-11(7-8-13(12)24-2)19-23-22-16(26-19)10-17-21-18-14(25-3)5-4-6-15(18)27-17;1-15-5-3-2-4-6-7(5)11-9(16-6)12-8(14)13-10;1-10-7-5-6(9(11)12)3-4-8(7)13-2/h4-9H,10H2,2-3H3;2-4H,10H2,1H3,(H2,11,12,13,14);3-5H,2H3,(H,11,12). The quantitative estimate of drug-likeness (QED) is 0.0477. The topological polar surface area (TPSA) is 215 Å². The summed E-state index contributed by atoms with van der Waals surface area (Å²) in [7, 11) is 6.17. The molecule has 0 fully saturated rings. The summed E-state index contributed by atoms with van der Waals surface area (Å²) in [6.45, 7) is 14.0. The zero-order valence-corrected chi connectivity index (χ0v) is 31.7. The molecule has 0 spiro atoms. The Labute approximate surface area is 326 Å². The summed E-state index contributed by atoms with van der Waals surface area (Å²) in [6, 6.07) is 20.2. The predicted octanol–water partition coefficient (Wildman–Crippen LogP) is 7.75. The van der Waals surface area contributed by atoms with E-state index in [1.54, 1.807) is 43.8 Å². The van der Waals surface area contributed by atoms with Gasteiger partial charge in [-0.25, -0.2) is 35.1 Å². The molecule has 7 rings (SSSR count). The second kappa shape index (κ2) is 18.6. The number of aromatic carboxylic acids is 1. The number of nitrogens with zero attached hydrogens (tertiary/aromatic N) is 6. The van der Waals surface area contributed by atoms with E-state index in [0.29, 0.717) is 51.8 Å². The molecule has 0 unspecified atom stereocenters. The van der Waals surface area contributed by atoms with Crippen LogP contribution in [0.15, 0.2) is 77.2 Å². The molecule has 0 bridgehead atoms. The average molecular weight is 794 g/mol. The lowest BCUT2D eigenvalue weighted by atomic mass is 10.2. The zero-order valence-electron chi connectivity index (χ0n) is 30.0. The lowest BCUT2D eigenvalue weighted by molar-refractivity contribution is 0.0697. The van der Waals surface area contributed by atoms with Gasteiger partial charge in [0.05, 0.1) is 57.4 Å². The van der Waals surface area contributed by atoms with Crippen molar-refractivity contribution in [3.8, 4) is 34.5 Å². The molecular weight excluding hydrogens is 763 g/mol. The maximum Gasteiger partial charge on any atom is 0.335 e. The van der Waals surface area contributed by atoms with Crippen LogP contribution in [0.5, 0.6) is 23.0 Å². The van der Waals surface area contributed by atoms with Crippen LogP contribution in [0.4, 0.5) is 21.3 Å². The molecule has 3 aromatic heterocycles. The number of amides is 2. The monoisotopic (exact) mass is 793 g/mol. The Morgan fingerprint density at radius 1 is 0.786 bits per heavy atom. The number of carboxylic acids is 1. The van der Waals surface area contributed by atoms with E-state index in [9.17, 15) is 9.59 Å². The number of ether oxygens (including phenoxy) is 4. The molecule has 19 heteroatoms. The van der Waals surface area contributed by atoms with E-state index in [-0.39, 0.29) is 11.3 Å². The molecule has 0 aliphatic carbocycles. The number of hydrogen-bond acceptors (Lipinski definition) is 14. The highest BCUT2D eigenvalue weighted by atomic mass is 32.1. The van der Waals surface area contributed by atoms with Gasteiger partial charge in [0.2, 0.25) is 23.2 Å². The van der Waals surface area contributed by atoms with Gasteiger partial charge in [-0.3, -0.25) is 10.7 Å². The summed E-state index contributed by atoms with van der Waals surface area (Å²) < 4.78 is 28.3. The number of para-hydroxylation sites is 2. The molecule has 0 aliphatic heterocycles. The number of carbonyl (C=O) groups excluding carboxylic acids is 1. The molecule has 0 atom stereocenters. The van der Waals surface area contributed by atoms with Crippen LogP contribution < -0.4 is 35.5 Å². The number of benzene rings is 4. The first kappa shape index (κ1) is 39.9. The Morgan fingerprint density at radius 3 is 1.96 bits per heavy atom. The fourth-order valence-corrected chi connectivity index (χ4v) is 6.73. The third kappa shape index (κ3) is 9.42. The minimum Gasteiger partial charge on any atom is -0.508 e. The van der Waals surface area contributed by atoms with Crippen molar-refractivity contribution in [2.45, 2.75) is 6.42 Å². The second-order valence-electron chi connectivity index (χ2n) is 10.8. The number of nitrogens with two attached hydrogens (primary N) is 1. The summed E-state index contributed by atoms with van der Waals surface area (Å²) >= 11 is 2.91. The van der Waals surface area contributed by atoms with E-state index in [0.717, 1.165) is 31.2 Å². The van der Waals surface area contributed by atoms with Crippen molar-refractivity contribution in [3.05, 3.63) is 112 Å². The number of fused-ring (bicyclic) bond motifs is 2. The highest BCUT2D eigenvalue weighted by Crippen LogP contribution is 2.34. The molecule has 0 aliphatic rings. The van der Waals surface area contributed by atoms with Gasteiger partial charge < -0.3 is 28.5 Å². The number of hydrogen-bond donors (Lipinski definition) is 4. The Kier molecular flexibility index (Phi) is 13.3. The lowest BCUT2D eigenvalue weighted by Gasteiger charge is -2.03. The van der Waals surface area contributed by atoms with Gasteiger partial charge in [-0.05, 0) is 60.7 Å². The van der Waals surface area contributed by atoms with Gasteiger partial charge in [0.1, 0.15) is 39.0 Å². The Balaban J connectivity index is 0.000000176. The van der Waals surface area contributed by atoms with Crippen LogP contribution in [0.25, 0.3) is 41.6 Å². The molecule has 0 saturated carbocycles.